The Morgan fingerprint density at radius 3 is 2.46 bits per heavy atom. The summed E-state index contributed by atoms with van der Waals surface area (Å²) in [7, 11) is 0. The number of aliphatic hydroxyl groups is 1. The zero-order valence-electron chi connectivity index (χ0n) is 6.67. The Morgan fingerprint density at radius 1 is 1.46 bits per heavy atom. The van der Waals surface area contributed by atoms with Crippen LogP contribution in [0.1, 0.15) is 17.6 Å². The number of rotatable bonds is 2. The molecule has 5 N–H and O–H groups in total. The zero-order valence-corrected chi connectivity index (χ0v) is 6.67. The molecule has 4 nitrogen and oxygen atoms in total. The van der Waals surface area contributed by atoms with Crippen LogP contribution in [-0.2, 0) is 6.61 Å². The van der Waals surface area contributed by atoms with Crippen LogP contribution in [0.4, 0.5) is 20.3 Å². The molecule has 0 saturated heterocycles. The Hall–Kier alpha value is -1.43. The number of hydrogen-bond acceptors (Lipinski definition) is 4. The molecule has 72 valence electrons. The summed E-state index contributed by atoms with van der Waals surface area (Å²) in [4.78, 5) is 3.47. The molecule has 0 amide bonds. The fraction of sp³-hybridized carbons (Fsp3) is 0.286. The molecule has 0 radical (unpaired) electrons. The van der Waals surface area contributed by atoms with Gasteiger partial charge in [-0.1, -0.05) is 0 Å². The number of alkyl halides is 2. The highest BCUT2D eigenvalue weighted by Gasteiger charge is 2.19. The first-order chi connectivity index (χ1) is 6.07. The van der Waals surface area contributed by atoms with Crippen molar-refractivity contribution in [3.63, 3.8) is 0 Å². The van der Waals surface area contributed by atoms with Gasteiger partial charge in [0.25, 0.3) is 6.43 Å². The van der Waals surface area contributed by atoms with Crippen molar-refractivity contribution < 1.29 is 13.9 Å². The van der Waals surface area contributed by atoms with Gasteiger partial charge in [0.2, 0.25) is 0 Å². The van der Waals surface area contributed by atoms with E-state index in [1.165, 1.54) is 0 Å². The van der Waals surface area contributed by atoms with Gasteiger partial charge in [-0.05, 0) is 0 Å². The van der Waals surface area contributed by atoms with Crippen LogP contribution in [0.3, 0.4) is 0 Å². The Bertz CT molecular complexity index is 317. The highest BCUT2D eigenvalue weighted by Crippen LogP contribution is 2.30. The Kier molecular flexibility index (Phi) is 2.62. The summed E-state index contributed by atoms with van der Waals surface area (Å²) in [6.45, 7) is -0.571. The van der Waals surface area contributed by atoms with Crippen LogP contribution in [-0.4, -0.2) is 10.1 Å². The summed E-state index contributed by atoms with van der Waals surface area (Å²) in [6, 6.07) is 0. The Labute approximate surface area is 73.2 Å². The molecule has 0 saturated carbocycles. The molecule has 1 aromatic rings. The highest BCUT2D eigenvalue weighted by atomic mass is 19.3. The second-order valence-electron chi connectivity index (χ2n) is 2.45. The summed E-state index contributed by atoms with van der Waals surface area (Å²) in [6.07, 6.45) is -1.63. The Balaban J connectivity index is 3.35. The van der Waals surface area contributed by atoms with E-state index in [0.29, 0.717) is 0 Å². The van der Waals surface area contributed by atoms with Crippen molar-refractivity contribution in [2.45, 2.75) is 13.0 Å². The summed E-state index contributed by atoms with van der Waals surface area (Å²) in [5.74, 6) is -0.298. The number of halogens is 2. The third-order valence-corrected chi connectivity index (χ3v) is 1.67. The molecule has 0 aliphatic heterocycles. The molecule has 0 fully saturated rings. The first-order valence-electron chi connectivity index (χ1n) is 3.49. The van der Waals surface area contributed by atoms with E-state index in [0.717, 1.165) is 6.20 Å². The number of aromatic nitrogens is 1. The molecule has 0 aromatic carbocycles. The van der Waals surface area contributed by atoms with Gasteiger partial charge < -0.3 is 16.6 Å². The minimum atomic E-state index is -2.78. The first-order valence-corrected chi connectivity index (χ1v) is 3.49. The van der Waals surface area contributed by atoms with E-state index in [9.17, 15) is 8.78 Å². The van der Waals surface area contributed by atoms with Crippen molar-refractivity contribution in [2.75, 3.05) is 11.5 Å². The van der Waals surface area contributed by atoms with E-state index in [2.05, 4.69) is 4.98 Å². The average Bonchev–Trinajstić information content (AvgIpc) is 2.07. The minimum absolute atomic E-state index is 0.0204. The average molecular weight is 189 g/mol. The van der Waals surface area contributed by atoms with Gasteiger partial charge in [-0.15, -0.1) is 0 Å². The van der Waals surface area contributed by atoms with Gasteiger partial charge in [-0.3, -0.25) is 0 Å². The lowest BCUT2D eigenvalue weighted by Crippen LogP contribution is -2.07. The zero-order chi connectivity index (χ0) is 10.0. The van der Waals surface area contributed by atoms with Crippen LogP contribution in [0.2, 0.25) is 0 Å². The van der Waals surface area contributed by atoms with Gasteiger partial charge in [-0.2, -0.15) is 0 Å². The van der Waals surface area contributed by atoms with E-state index in [-0.39, 0.29) is 17.1 Å². The maximum atomic E-state index is 12.4. The number of aliphatic hydroxyl groups excluding tert-OH is 1. The lowest BCUT2D eigenvalue weighted by Gasteiger charge is -2.10. The monoisotopic (exact) mass is 189 g/mol. The second-order valence-corrected chi connectivity index (χ2v) is 2.45. The van der Waals surface area contributed by atoms with Crippen molar-refractivity contribution in [3.05, 3.63) is 17.3 Å². The molecule has 0 atom stereocenters. The predicted octanol–water partition coefficient (Wildman–Crippen LogP) is 0.676. The quantitative estimate of drug-likeness (QED) is 0.638. The van der Waals surface area contributed by atoms with Crippen molar-refractivity contribution in [1.29, 1.82) is 0 Å². The molecule has 1 rings (SSSR count). The summed E-state index contributed by atoms with van der Waals surface area (Å²) in [5.41, 5.74) is 10.0. The maximum Gasteiger partial charge on any atom is 0.267 e. The Morgan fingerprint density at radius 2 is 2.08 bits per heavy atom. The highest BCUT2D eigenvalue weighted by molar-refractivity contribution is 5.57. The van der Waals surface area contributed by atoms with Crippen molar-refractivity contribution in [3.8, 4) is 0 Å². The van der Waals surface area contributed by atoms with Crippen LogP contribution in [0.15, 0.2) is 6.20 Å². The minimum Gasteiger partial charge on any atom is -0.397 e. The smallest absolute Gasteiger partial charge is 0.267 e. The molecule has 1 heterocycles. The number of hydrogen-bond donors (Lipinski definition) is 3. The molecule has 0 aliphatic rings. The molecule has 1 aromatic heterocycles. The van der Waals surface area contributed by atoms with Crippen LogP contribution < -0.4 is 11.5 Å². The SMILES string of the molecule is Nc1cnc(N)c(C(F)F)c1CO. The molecule has 6 heteroatoms. The van der Waals surface area contributed by atoms with Crippen molar-refractivity contribution in [1.82, 2.24) is 4.98 Å². The topological polar surface area (TPSA) is 85.2 Å². The van der Waals surface area contributed by atoms with E-state index < -0.39 is 18.6 Å². The largest absolute Gasteiger partial charge is 0.397 e. The number of nitrogen functional groups attached to an aromatic ring is 2. The van der Waals surface area contributed by atoms with Crippen LogP contribution >= 0.6 is 0 Å². The fourth-order valence-electron chi connectivity index (χ4n) is 1.02. The number of nitrogens with two attached hydrogens (primary N) is 2. The van der Waals surface area contributed by atoms with Gasteiger partial charge in [0.15, 0.2) is 0 Å². The molecule has 0 unspecified atom stereocenters. The van der Waals surface area contributed by atoms with Gasteiger partial charge in [0.1, 0.15) is 5.82 Å². The van der Waals surface area contributed by atoms with Gasteiger partial charge in [-0.25, -0.2) is 13.8 Å². The fourth-order valence-corrected chi connectivity index (χ4v) is 1.02. The first kappa shape index (κ1) is 9.66. The van der Waals surface area contributed by atoms with Gasteiger partial charge in [0.05, 0.1) is 24.1 Å². The predicted molar refractivity (Wildman–Crippen MR) is 43.9 cm³/mol. The van der Waals surface area contributed by atoms with Crippen molar-refractivity contribution >= 4 is 11.5 Å². The maximum absolute atomic E-state index is 12.4. The normalized spacial score (nSPS) is 10.8. The van der Waals surface area contributed by atoms with E-state index in [1.807, 2.05) is 0 Å². The van der Waals surface area contributed by atoms with Crippen molar-refractivity contribution in [2.24, 2.45) is 0 Å². The van der Waals surface area contributed by atoms with Crippen LogP contribution in [0.5, 0.6) is 0 Å². The summed E-state index contributed by atoms with van der Waals surface area (Å²) >= 11 is 0. The molecular weight excluding hydrogens is 180 g/mol. The van der Waals surface area contributed by atoms with E-state index in [1.54, 1.807) is 0 Å². The lowest BCUT2D eigenvalue weighted by molar-refractivity contribution is 0.148. The van der Waals surface area contributed by atoms with E-state index in [4.69, 9.17) is 16.6 Å². The third-order valence-electron chi connectivity index (χ3n) is 1.67. The lowest BCUT2D eigenvalue weighted by atomic mass is 10.1. The number of anilines is 2. The van der Waals surface area contributed by atoms with Crippen LogP contribution in [0, 0.1) is 0 Å². The van der Waals surface area contributed by atoms with Crippen LogP contribution in [0.25, 0.3) is 0 Å². The molecule has 0 aliphatic carbocycles. The second kappa shape index (κ2) is 3.53. The molecular formula is C7H9F2N3O. The van der Waals surface area contributed by atoms with Gasteiger partial charge in [0, 0.05) is 5.56 Å². The van der Waals surface area contributed by atoms with Gasteiger partial charge >= 0.3 is 0 Å². The standard InChI is InChI=1S/C7H9F2N3O/c8-6(9)5-3(2-13)4(10)1-12-7(5)11/h1,6,13H,2,10H2,(H2,11,12). The molecule has 0 bridgehead atoms. The molecule has 0 spiro atoms. The summed E-state index contributed by atoms with van der Waals surface area (Å²) < 4.78 is 24.7. The number of pyridine rings is 1. The third kappa shape index (κ3) is 1.67. The molecule has 13 heavy (non-hydrogen) atoms. The number of nitrogens with zero attached hydrogens (tertiary/aromatic N) is 1. The summed E-state index contributed by atoms with van der Waals surface area (Å²) in [5, 5.41) is 8.78. The van der Waals surface area contributed by atoms with E-state index >= 15 is 0 Å².